The van der Waals surface area contributed by atoms with E-state index in [4.69, 9.17) is 10.5 Å². The molecule has 5 nitrogen and oxygen atoms in total. The predicted octanol–water partition coefficient (Wildman–Crippen LogP) is -2.39. The van der Waals surface area contributed by atoms with E-state index in [1.165, 1.54) is 0 Å². The molecule has 0 aromatic rings. The van der Waals surface area contributed by atoms with Crippen LogP contribution in [0.3, 0.4) is 0 Å². The fourth-order valence-electron chi connectivity index (χ4n) is 2.66. The molecule has 0 heterocycles. The summed E-state index contributed by atoms with van der Waals surface area (Å²) in [5.74, 6) is -2.05. The first kappa shape index (κ1) is 19.9. The van der Waals surface area contributed by atoms with Gasteiger partial charge in [0.1, 0.15) is 5.60 Å². The first-order valence-corrected chi connectivity index (χ1v) is 6.84. The van der Waals surface area contributed by atoms with Crippen molar-refractivity contribution in [3.63, 3.8) is 0 Å². The van der Waals surface area contributed by atoms with Gasteiger partial charge < -0.3 is 20.4 Å². The molecule has 2 N–H and O–H groups in total. The van der Waals surface area contributed by atoms with Crippen LogP contribution >= 0.6 is 0 Å². The molecule has 0 aliphatic heterocycles. The summed E-state index contributed by atoms with van der Waals surface area (Å²) in [6, 6.07) is 0. The third kappa shape index (κ3) is 5.35. The summed E-state index contributed by atoms with van der Waals surface area (Å²) in [5.41, 5.74) is 4.13. The predicted molar refractivity (Wildman–Crippen MR) is 68.9 cm³/mol. The van der Waals surface area contributed by atoms with Crippen LogP contribution in [-0.2, 0) is 14.3 Å². The molecule has 0 saturated heterocycles. The van der Waals surface area contributed by atoms with Crippen molar-refractivity contribution in [2.45, 2.75) is 58.5 Å². The fraction of sp³-hybridized carbons (Fsp3) is 0.857. The van der Waals surface area contributed by atoms with Crippen LogP contribution in [0.5, 0.6) is 0 Å². The minimum Gasteiger partial charge on any atom is -0.550 e. The van der Waals surface area contributed by atoms with Gasteiger partial charge in [-0.3, -0.25) is 4.79 Å². The molecule has 1 rings (SSSR count). The molecule has 1 unspecified atom stereocenters. The van der Waals surface area contributed by atoms with Gasteiger partial charge in [0.15, 0.2) is 0 Å². The van der Waals surface area contributed by atoms with Gasteiger partial charge in [0.2, 0.25) is 0 Å². The van der Waals surface area contributed by atoms with E-state index in [1.807, 2.05) is 0 Å². The summed E-state index contributed by atoms with van der Waals surface area (Å²) in [6.45, 7) is 5.44. The summed E-state index contributed by atoms with van der Waals surface area (Å²) in [5, 5.41) is 11.4. The van der Waals surface area contributed by atoms with Gasteiger partial charge in [-0.2, -0.15) is 0 Å². The molecule has 6 heteroatoms. The van der Waals surface area contributed by atoms with Crippen molar-refractivity contribution in [1.29, 1.82) is 0 Å². The molecule has 0 radical (unpaired) electrons. The average Bonchev–Trinajstić information content (AvgIpc) is 2.73. The number of carboxylic acids is 1. The number of nitrogens with two attached hydrogens (primary N) is 1. The van der Waals surface area contributed by atoms with Crippen molar-refractivity contribution in [3.05, 3.63) is 0 Å². The molecule has 1 atom stereocenters. The molecule has 0 amide bonds. The van der Waals surface area contributed by atoms with E-state index in [-0.39, 0.29) is 42.5 Å². The SMILES string of the molecule is CC(C)(C)OC(=O)C(CN)CC1(C(=O)[O-])CCCC1.[Na+]. The van der Waals surface area contributed by atoms with Gasteiger partial charge in [0.25, 0.3) is 0 Å². The first-order chi connectivity index (χ1) is 8.70. The Balaban J connectivity index is 0.00000361. The van der Waals surface area contributed by atoms with Crippen molar-refractivity contribution in [3.8, 4) is 0 Å². The largest absolute Gasteiger partial charge is 1.00 e. The Labute approximate surface area is 142 Å². The zero-order valence-corrected chi connectivity index (χ0v) is 15.0. The molecule has 110 valence electrons. The summed E-state index contributed by atoms with van der Waals surface area (Å²) in [7, 11) is 0. The fourth-order valence-corrected chi connectivity index (χ4v) is 2.66. The number of hydrogen-bond donors (Lipinski definition) is 1. The topological polar surface area (TPSA) is 92.5 Å². The zero-order valence-electron chi connectivity index (χ0n) is 13.0. The van der Waals surface area contributed by atoms with Crippen LogP contribution < -0.4 is 40.4 Å². The van der Waals surface area contributed by atoms with Gasteiger partial charge in [0.05, 0.1) is 5.92 Å². The first-order valence-electron chi connectivity index (χ1n) is 6.84. The molecule has 0 spiro atoms. The van der Waals surface area contributed by atoms with Crippen LogP contribution in [0.4, 0.5) is 0 Å². The van der Waals surface area contributed by atoms with Crippen molar-refractivity contribution in [2.75, 3.05) is 6.54 Å². The summed E-state index contributed by atoms with van der Waals surface area (Å²) < 4.78 is 5.29. The van der Waals surface area contributed by atoms with E-state index in [0.717, 1.165) is 12.8 Å². The molecule has 20 heavy (non-hydrogen) atoms. The number of carbonyl (C=O) groups excluding carboxylic acids is 2. The van der Waals surface area contributed by atoms with Gasteiger partial charge >= 0.3 is 35.5 Å². The van der Waals surface area contributed by atoms with E-state index in [0.29, 0.717) is 12.8 Å². The molecule has 1 aliphatic rings. The van der Waals surface area contributed by atoms with Crippen molar-refractivity contribution in [1.82, 2.24) is 0 Å². The monoisotopic (exact) mass is 293 g/mol. The van der Waals surface area contributed by atoms with E-state index in [1.54, 1.807) is 20.8 Å². The Bertz CT molecular complexity index is 346. The number of esters is 1. The quantitative estimate of drug-likeness (QED) is 0.451. The van der Waals surface area contributed by atoms with Crippen LogP contribution in [0, 0.1) is 11.3 Å². The third-order valence-corrected chi connectivity index (χ3v) is 3.66. The second-order valence-electron chi connectivity index (χ2n) is 6.45. The Morgan fingerprint density at radius 3 is 2.15 bits per heavy atom. The second kappa shape index (κ2) is 7.78. The normalized spacial score (nSPS) is 19.0. The zero-order chi connectivity index (χ0) is 14.7. The van der Waals surface area contributed by atoms with Crippen molar-refractivity contribution < 1.29 is 49.0 Å². The Hall–Kier alpha value is -0.100. The van der Waals surface area contributed by atoms with Crippen molar-refractivity contribution in [2.24, 2.45) is 17.1 Å². The maximum absolute atomic E-state index is 12.0. The number of ether oxygens (including phenoxy) is 1. The number of rotatable bonds is 5. The number of carbonyl (C=O) groups is 2. The minimum absolute atomic E-state index is 0. The number of carboxylic acid groups (broad SMARTS) is 1. The Kier molecular flexibility index (Phi) is 7.74. The number of hydrogen-bond acceptors (Lipinski definition) is 5. The van der Waals surface area contributed by atoms with Crippen LogP contribution in [0.2, 0.25) is 0 Å². The minimum atomic E-state index is -1.06. The Morgan fingerprint density at radius 2 is 1.80 bits per heavy atom. The Morgan fingerprint density at radius 1 is 1.30 bits per heavy atom. The van der Waals surface area contributed by atoms with E-state index in [2.05, 4.69) is 0 Å². The van der Waals surface area contributed by atoms with Gasteiger partial charge in [-0.15, -0.1) is 0 Å². The van der Waals surface area contributed by atoms with E-state index < -0.39 is 28.9 Å². The van der Waals surface area contributed by atoms with Gasteiger partial charge in [-0.25, -0.2) is 0 Å². The molecule has 1 fully saturated rings. The molecule has 0 aromatic carbocycles. The molecule has 1 aliphatic carbocycles. The maximum atomic E-state index is 12.0. The average molecular weight is 293 g/mol. The molecule has 0 aromatic heterocycles. The molecule has 1 saturated carbocycles. The molecular weight excluding hydrogens is 269 g/mol. The summed E-state index contributed by atoms with van der Waals surface area (Å²) >= 11 is 0. The number of aliphatic carboxylic acids is 1. The second-order valence-corrected chi connectivity index (χ2v) is 6.45. The van der Waals surface area contributed by atoms with Crippen LogP contribution in [0.1, 0.15) is 52.9 Å². The summed E-state index contributed by atoms with van der Waals surface area (Å²) in [6.07, 6.45) is 3.07. The van der Waals surface area contributed by atoms with Gasteiger partial charge in [0, 0.05) is 17.9 Å². The standard InChI is InChI=1S/C14H25NO4.Na/c1-13(2,3)19-11(16)10(9-15)8-14(12(17)18)6-4-5-7-14;/h10H,4-9,15H2,1-3H3,(H,17,18);/q;+1/p-1. The van der Waals surface area contributed by atoms with E-state index >= 15 is 0 Å². The van der Waals surface area contributed by atoms with Gasteiger partial charge in [-0.1, -0.05) is 12.8 Å². The summed E-state index contributed by atoms with van der Waals surface area (Å²) in [4.78, 5) is 23.4. The van der Waals surface area contributed by atoms with Crippen LogP contribution in [-0.4, -0.2) is 24.1 Å². The molecular formula is C14H24NNaO4. The van der Waals surface area contributed by atoms with Crippen molar-refractivity contribution >= 4 is 11.9 Å². The smallest absolute Gasteiger partial charge is 0.550 e. The van der Waals surface area contributed by atoms with Crippen LogP contribution in [0.15, 0.2) is 0 Å². The third-order valence-electron chi connectivity index (χ3n) is 3.66. The van der Waals surface area contributed by atoms with E-state index in [9.17, 15) is 14.7 Å². The van der Waals surface area contributed by atoms with Gasteiger partial charge in [-0.05, 0) is 40.0 Å². The molecule has 0 bridgehead atoms. The van der Waals surface area contributed by atoms with Crippen LogP contribution in [0.25, 0.3) is 0 Å². The maximum Gasteiger partial charge on any atom is 1.00 e.